The van der Waals surface area contributed by atoms with Crippen LogP contribution in [0.5, 0.6) is 0 Å². The van der Waals surface area contributed by atoms with Crippen molar-refractivity contribution in [2.75, 3.05) is 6.67 Å². The monoisotopic (exact) mass is 685 g/mol. The highest BCUT2D eigenvalue weighted by Gasteiger charge is 2.57. The molecule has 5 heterocycles. The zero-order valence-electron chi connectivity index (χ0n) is 28.6. The Bertz CT molecular complexity index is 2040. The maximum atomic E-state index is 7.50. The van der Waals surface area contributed by atoms with Crippen molar-refractivity contribution < 1.29 is 30.6 Å². The van der Waals surface area contributed by atoms with Crippen LogP contribution in [0, 0.1) is 0 Å². The van der Waals surface area contributed by atoms with Crippen molar-refractivity contribution in [3.63, 3.8) is 0 Å². The van der Waals surface area contributed by atoms with E-state index in [0.717, 1.165) is 44.1 Å². The van der Waals surface area contributed by atoms with Gasteiger partial charge in [0.25, 0.3) is 23.6 Å². The summed E-state index contributed by atoms with van der Waals surface area (Å²) in [5.74, 6) is 3.12. The van der Waals surface area contributed by atoms with Crippen molar-refractivity contribution in [1.82, 2.24) is 9.80 Å². The van der Waals surface area contributed by atoms with Gasteiger partial charge in [-0.1, -0.05) is 97.1 Å². The maximum Gasteiger partial charge on any atom is 0.274 e. The van der Waals surface area contributed by atoms with Gasteiger partial charge in [0.1, 0.15) is 36.5 Å². The van der Waals surface area contributed by atoms with Gasteiger partial charge in [0.05, 0.1) is 18.8 Å². The molecular formula is C41H36FN4O5-. The smallest absolute Gasteiger partial charge is 0.274 e. The fourth-order valence-electron chi connectivity index (χ4n) is 9.92. The SMILES string of the molecule is F.[3H][O-].c1ccc2c(c1)CC1OC(C3=N[C@H]4c5ccccc5C[C@H]4O3)=N[C@@H]21.c1ccc2c(c1)CC1OC3=C4O[C@@H]5Cc6ccccc6[C@@H]5N4CN3[C@@H]21. The molecule has 0 radical (unpaired) electrons. The van der Waals surface area contributed by atoms with Crippen LogP contribution in [0.1, 0.15) is 70.1 Å². The molecule has 2 saturated heterocycles. The maximum absolute atomic E-state index is 7.50. The van der Waals surface area contributed by atoms with Crippen molar-refractivity contribution in [1.29, 1.82) is 0 Å². The summed E-state index contributed by atoms with van der Waals surface area (Å²) >= 11 is 0. The zero-order chi connectivity index (χ0) is 33.8. The molecule has 51 heavy (non-hydrogen) atoms. The third-order valence-electron chi connectivity index (χ3n) is 12.0. The van der Waals surface area contributed by atoms with Gasteiger partial charge in [-0.3, -0.25) is 4.70 Å². The third kappa shape index (κ3) is 4.22. The molecule has 0 spiro atoms. The summed E-state index contributed by atoms with van der Waals surface area (Å²) in [6.45, 7) is 0.871. The molecule has 10 heteroatoms. The number of halogens is 1. The van der Waals surface area contributed by atoms with E-state index >= 15 is 0 Å². The first-order chi connectivity index (χ1) is 25.2. The summed E-state index contributed by atoms with van der Waals surface area (Å²) < 4.78 is 29.5. The van der Waals surface area contributed by atoms with E-state index in [0.29, 0.717) is 23.9 Å². The first kappa shape index (κ1) is 29.4. The number of aliphatic imine (C=N–C) groups is 2. The molecule has 0 amide bonds. The molecule has 9 aliphatic rings. The fraction of sp³-hybridized carbons (Fsp3) is 0.317. The highest BCUT2D eigenvalue weighted by Crippen LogP contribution is 2.55. The minimum absolute atomic E-state index is 0. The third-order valence-corrected chi connectivity index (χ3v) is 12.0. The molecule has 0 bridgehead atoms. The number of hydrogen-bond acceptors (Lipinski definition) is 9. The molecule has 258 valence electrons. The van der Waals surface area contributed by atoms with E-state index in [2.05, 4.69) is 108 Å². The molecule has 2 unspecified atom stereocenters. The normalized spacial score (nSPS) is 30.9. The Labute approximate surface area is 296 Å². The Balaban J connectivity index is 0.000000122. The molecular weight excluding hydrogens is 647 g/mol. The number of hydrogen-bond donors (Lipinski definition) is 0. The number of rotatable bonds is 1. The lowest BCUT2D eigenvalue weighted by molar-refractivity contribution is 0.112. The molecule has 2 fully saturated rings. The minimum atomic E-state index is 0. The van der Waals surface area contributed by atoms with Gasteiger partial charge >= 0.3 is 0 Å². The van der Waals surface area contributed by atoms with Crippen LogP contribution in [-0.4, -0.2) is 58.2 Å². The number of benzene rings is 4. The largest absolute Gasteiger partial charge is 0.870 e. The molecule has 4 aliphatic carbocycles. The van der Waals surface area contributed by atoms with Gasteiger partial charge in [-0.2, -0.15) is 0 Å². The summed E-state index contributed by atoms with van der Waals surface area (Å²) in [7, 11) is 0. The van der Waals surface area contributed by atoms with Gasteiger partial charge in [-0.05, 0) is 44.5 Å². The summed E-state index contributed by atoms with van der Waals surface area (Å²) in [6.07, 6.45) is 4.49. The van der Waals surface area contributed by atoms with Crippen molar-refractivity contribution in [3.05, 3.63) is 153 Å². The van der Waals surface area contributed by atoms with E-state index < -0.39 is 0 Å². The minimum Gasteiger partial charge on any atom is -0.870 e. The Morgan fingerprint density at radius 2 is 0.843 bits per heavy atom. The molecule has 9 nitrogen and oxygen atoms in total. The van der Waals surface area contributed by atoms with E-state index in [9.17, 15) is 0 Å². The second kappa shape index (κ2) is 11.1. The molecule has 4 aromatic carbocycles. The topological polar surface area (TPSA) is 98.1 Å². The quantitative estimate of drug-likeness (QED) is 0.234. The second-order valence-corrected chi connectivity index (χ2v) is 14.6. The Kier molecular flexibility index (Phi) is 6.38. The lowest BCUT2D eigenvalue weighted by atomic mass is 10.1. The van der Waals surface area contributed by atoms with E-state index in [1.807, 2.05) is 0 Å². The van der Waals surface area contributed by atoms with Gasteiger partial charge in [0.2, 0.25) is 0 Å². The van der Waals surface area contributed by atoms with Crippen LogP contribution >= 0.6 is 0 Å². The van der Waals surface area contributed by atoms with E-state index in [-0.39, 0.29) is 41.2 Å². The molecule has 1 N–H and O–H groups in total. The van der Waals surface area contributed by atoms with Gasteiger partial charge < -0.3 is 34.2 Å². The van der Waals surface area contributed by atoms with E-state index in [4.69, 9.17) is 34.4 Å². The molecule has 13 rings (SSSR count). The summed E-state index contributed by atoms with van der Waals surface area (Å²) in [5, 5.41) is 0. The predicted octanol–water partition coefficient (Wildman–Crippen LogP) is 6.23. The van der Waals surface area contributed by atoms with Gasteiger partial charge in [0, 0.05) is 25.7 Å². The van der Waals surface area contributed by atoms with Crippen LogP contribution in [0.2, 0.25) is 0 Å². The predicted molar refractivity (Wildman–Crippen MR) is 186 cm³/mol. The Morgan fingerprint density at radius 3 is 1.27 bits per heavy atom. The van der Waals surface area contributed by atoms with Crippen LogP contribution in [-0.2, 0) is 44.6 Å². The van der Waals surface area contributed by atoms with Crippen molar-refractivity contribution in [2.45, 2.75) is 74.3 Å². The standard InChI is InChI=1S/C21H18N2O2.C20H16N2O2.FH.H2O/c1-3-7-14-12(5-1)9-16-18(14)22-11-23-19-15-8-4-2-6-13(15)10-17(19)25-21(23)20(22)24-16;1-3-7-13-11(5-1)9-15-17(13)21-19(23-15)20-22-18-14-8-4-2-6-12(14)10-16(18)24-20;;/h1-8,16-19H,9-11H2;1-8,15-18H,9-10H2;1H;1H2/p-1/t16-,17?,18+,19+;15-,16?,17+,18+;;/m11../s1/i/hT. The number of fused-ring (bicyclic) bond motifs is 16. The molecule has 0 aromatic heterocycles. The number of nitrogens with zero attached hydrogens (tertiary/aromatic N) is 4. The fourth-order valence-corrected chi connectivity index (χ4v) is 9.92. The van der Waals surface area contributed by atoms with Gasteiger partial charge in [0.15, 0.2) is 0 Å². The summed E-state index contributed by atoms with van der Waals surface area (Å²) in [4.78, 5) is 14.4. The molecule has 5 aliphatic heterocycles. The summed E-state index contributed by atoms with van der Waals surface area (Å²) in [6, 6.07) is 35.3. The van der Waals surface area contributed by atoms with Gasteiger partial charge in [-0.15, -0.1) is 1.43 Å². The molecule has 0 saturated carbocycles. The lowest BCUT2D eigenvalue weighted by Gasteiger charge is -2.26. The molecule has 4 aromatic rings. The lowest BCUT2D eigenvalue weighted by Crippen LogP contribution is -2.32. The van der Waals surface area contributed by atoms with Crippen LogP contribution in [0.15, 0.2) is 119 Å². The van der Waals surface area contributed by atoms with Crippen LogP contribution < -0.4 is 0 Å². The van der Waals surface area contributed by atoms with Crippen LogP contribution in [0.4, 0.5) is 4.70 Å². The average Bonchev–Trinajstić information content (AvgIpc) is 4.01. The van der Waals surface area contributed by atoms with Gasteiger partial charge in [-0.25, -0.2) is 9.98 Å². The van der Waals surface area contributed by atoms with Crippen LogP contribution in [0.3, 0.4) is 0 Å². The Morgan fingerprint density at radius 1 is 0.490 bits per heavy atom. The highest BCUT2D eigenvalue weighted by molar-refractivity contribution is 6.36. The molecule has 8 atom stereocenters. The van der Waals surface area contributed by atoms with Crippen LogP contribution in [0.25, 0.3) is 0 Å². The second-order valence-electron chi connectivity index (χ2n) is 14.6. The highest BCUT2D eigenvalue weighted by atomic mass is 19.0. The zero-order valence-corrected chi connectivity index (χ0v) is 27.6. The number of ether oxygens (including phenoxy) is 4. The Hall–Kier alpha value is -5.35. The average molecular weight is 686 g/mol. The van der Waals surface area contributed by atoms with Crippen molar-refractivity contribution in [3.8, 4) is 0 Å². The van der Waals surface area contributed by atoms with E-state index in [1.165, 1.54) is 44.5 Å². The first-order valence-electron chi connectivity index (χ1n) is 18.1. The first-order valence-corrected chi connectivity index (χ1v) is 17.7. The summed E-state index contributed by atoms with van der Waals surface area (Å²) in [5.41, 5.74) is 18.5. The van der Waals surface area contributed by atoms with E-state index in [1.54, 1.807) is 0 Å². The van der Waals surface area contributed by atoms with Crippen molar-refractivity contribution >= 4 is 11.8 Å². The van der Waals surface area contributed by atoms with Crippen molar-refractivity contribution in [2.24, 2.45) is 9.98 Å².